The molecule has 0 aromatic heterocycles. The molecule has 27 heavy (non-hydrogen) atoms. The SMILES string of the molecule is CCN(CC)CCNCc1cc(Br)ccc1CCc1cc(F)c(F)cc1F. The summed E-state index contributed by atoms with van der Waals surface area (Å²) in [6.07, 6.45) is 0.874. The summed E-state index contributed by atoms with van der Waals surface area (Å²) in [7, 11) is 0. The van der Waals surface area contributed by atoms with Gasteiger partial charge in [-0.1, -0.05) is 35.8 Å². The summed E-state index contributed by atoms with van der Waals surface area (Å²) < 4.78 is 41.3. The number of halogens is 4. The van der Waals surface area contributed by atoms with Gasteiger partial charge in [0.25, 0.3) is 0 Å². The molecule has 0 saturated heterocycles. The first-order chi connectivity index (χ1) is 12.9. The zero-order chi connectivity index (χ0) is 19.8. The van der Waals surface area contributed by atoms with Gasteiger partial charge in [0.1, 0.15) is 5.82 Å². The fraction of sp³-hybridized carbons (Fsp3) is 0.429. The minimum Gasteiger partial charge on any atom is -0.311 e. The topological polar surface area (TPSA) is 15.3 Å². The average molecular weight is 443 g/mol. The lowest BCUT2D eigenvalue weighted by Gasteiger charge is -2.18. The Labute approximate surface area is 167 Å². The molecule has 0 aliphatic heterocycles. The Morgan fingerprint density at radius 1 is 0.852 bits per heavy atom. The molecule has 0 unspecified atom stereocenters. The summed E-state index contributed by atoms with van der Waals surface area (Å²) in [6, 6.07) is 7.54. The molecule has 0 saturated carbocycles. The maximum Gasteiger partial charge on any atom is 0.161 e. The van der Waals surface area contributed by atoms with E-state index in [1.165, 1.54) is 0 Å². The van der Waals surface area contributed by atoms with Crippen LogP contribution in [-0.4, -0.2) is 31.1 Å². The maximum atomic E-state index is 13.9. The van der Waals surface area contributed by atoms with Gasteiger partial charge < -0.3 is 10.2 Å². The lowest BCUT2D eigenvalue weighted by atomic mass is 9.99. The van der Waals surface area contributed by atoms with Crippen LogP contribution in [0.25, 0.3) is 0 Å². The number of aryl methyl sites for hydroxylation is 2. The predicted octanol–water partition coefficient (Wildman–Crippen LogP) is 5.08. The number of nitrogens with zero attached hydrogens (tertiary/aromatic N) is 1. The van der Waals surface area contributed by atoms with E-state index in [0.29, 0.717) is 25.5 Å². The van der Waals surface area contributed by atoms with Crippen LogP contribution in [0.5, 0.6) is 0 Å². The first-order valence-electron chi connectivity index (χ1n) is 9.28. The molecule has 2 rings (SSSR count). The van der Waals surface area contributed by atoms with Gasteiger partial charge >= 0.3 is 0 Å². The molecule has 0 atom stereocenters. The first kappa shape index (κ1) is 21.9. The van der Waals surface area contributed by atoms with Gasteiger partial charge in [-0.2, -0.15) is 0 Å². The molecule has 0 bridgehead atoms. The Hall–Kier alpha value is -1.37. The summed E-state index contributed by atoms with van der Waals surface area (Å²) in [5, 5.41) is 3.45. The highest BCUT2D eigenvalue weighted by molar-refractivity contribution is 9.10. The number of hydrogen-bond acceptors (Lipinski definition) is 2. The second kappa shape index (κ2) is 10.8. The van der Waals surface area contributed by atoms with Crippen LogP contribution in [0.15, 0.2) is 34.8 Å². The standard InChI is InChI=1S/C21H26BrF3N2/c1-3-27(4-2)10-9-26-14-17-11-18(22)8-7-15(17)5-6-16-12-20(24)21(25)13-19(16)23/h7-8,11-13,26H,3-6,9-10,14H2,1-2H3. The van der Waals surface area contributed by atoms with Gasteiger partial charge in [-0.3, -0.25) is 0 Å². The largest absolute Gasteiger partial charge is 0.311 e. The predicted molar refractivity (Wildman–Crippen MR) is 107 cm³/mol. The van der Waals surface area contributed by atoms with Crippen molar-refractivity contribution in [3.05, 3.63) is 68.9 Å². The third-order valence-corrected chi connectivity index (χ3v) is 5.23. The molecule has 2 aromatic rings. The smallest absolute Gasteiger partial charge is 0.161 e. The Kier molecular flexibility index (Phi) is 8.80. The molecule has 1 N–H and O–H groups in total. The van der Waals surface area contributed by atoms with Crippen LogP contribution in [-0.2, 0) is 19.4 Å². The van der Waals surface area contributed by atoms with Crippen LogP contribution >= 0.6 is 15.9 Å². The molecule has 6 heteroatoms. The highest BCUT2D eigenvalue weighted by Gasteiger charge is 2.11. The molecule has 148 valence electrons. The zero-order valence-corrected chi connectivity index (χ0v) is 17.4. The fourth-order valence-electron chi connectivity index (χ4n) is 3.03. The lowest BCUT2D eigenvalue weighted by molar-refractivity contribution is 0.302. The number of nitrogens with one attached hydrogen (secondary N) is 1. The molecule has 0 aliphatic rings. The maximum absolute atomic E-state index is 13.9. The zero-order valence-electron chi connectivity index (χ0n) is 15.8. The van der Waals surface area contributed by atoms with Gasteiger partial charge in [-0.25, -0.2) is 13.2 Å². The molecule has 2 nitrogen and oxygen atoms in total. The highest BCUT2D eigenvalue weighted by Crippen LogP contribution is 2.20. The summed E-state index contributed by atoms with van der Waals surface area (Å²) in [5.74, 6) is -2.87. The van der Waals surface area contributed by atoms with Crippen LogP contribution in [0.4, 0.5) is 13.2 Å². The van der Waals surface area contributed by atoms with Gasteiger partial charge in [0.05, 0.1) is 0 Å². The van der Waals surface area contributed by atoms with Gasteiger partial charge in [0.2, 0.25) is 0 Å². The van der Waals surface area contributed by atoms with E-state index in [1.807, 2.05) is 18.2 Å². The Morgan fingerprint density at radius 3 is 2.22 bits per heavy atom. The molecule has 0 spiro atoms. The van der Waals surface area contributed by atoms with E-state index in [1.54, 1.807) is 0 Å². The molecular weight excluding hydrogens is 417 g/mol. The molecule has 0 aliphatic carbocycles. The third kappa shape index (κ3) is 6.63. The van der Waals surface area contributed by atoms with Gasteiger partial charge in [0.15, 0.2) is 11.6 Å². The monoisotopic (exact) mass is 442 g/mol. The number of rotatable bonds is 10. The summed E-state index contributed by atoms with van der Waals surface area (Å²) in [5.41, 5.74) is 2.38. The number of hydrogen-bond donors (Lipinski definition) is 1. The van der Waals surface area contributed by atoms with E-state index in [9.17, 15) is 13.2 Å². The molecule has 0 radical (unpaired) electrons. The van der Waals surface area contributed by atoms with Crippen LogP contribution in [0.2, 0.25) is 0 Å². The average Bonchev–Trinajstić information content (AvgIpc) is 2.65. The van der Waals surface area contributed by atoms with Crippen LogP contribution in [0.3, 0.4) is 0 Å². The van der Waals surface area contributed by atoms with Crippen LogP contribution in [0, 0.1) is 17.5 Å². The van der Waals surface area contributed by atoms with Crippen molar-refractivity contribution in [2.75, 3.05) is 26.2 Å². The highest BCUT2D eigenvalue weighted by atomic mass is 79.9. The van der Waals surface area contributed by atoms with E-state index in [4.69, 9.17) is 0 Å². The molecular formula is C21H26BrF3N2. The second-order valence-electron chi connectivity index (χ2n) is 6.47. The van der Waals surface area contributed by atoms with Crippen molar-refractivity contribution in [3.63, 3.8) is 0 Å². The van der Waals surface area contributed by atoms with Gasteiger partial charge in [0, 0.05) is 30.2 Å². The van der Waals surface area contributed by atoms with Crippen molar-refractivity contribution in [1.82, 2.24) is 10.2 Å². The molecule has 0 amide bonds. The van der Waals surface area contributed by atoms with Crippen molar-refractivity contribution in [3.8, 4) is 0 Å². The minimum atomic E-state index is -1.15. The van der Waals surface area contributed by atoms with Crippen molar-refractivity contribution in [2.24, 2.45) is 0 Å². The molecule has 0 heterocycles. The Bertz CT molecular complexity index is 748. The molecule has 0 fully saturated rings. The van der Waals surface area contributed by atoms with Gasteiger partial charge in [-0.15, -0.1) is 0 Å². The van der Waals surface area contributed by atoms with E-state index >= 15 is 0 Å². The Morgan fingerprint density at radius 2 is 1.52 bits per heavy atom. The minimum absolute atomic E-state index is 0.192. The molecule has 2 aromatic carbocycles. The Balaban J connectivity index is 2.00. The second-order valence-corrected chi connectivity index (χ2v) is 7.39. The number of likely N-dealkylation sites (N-methyl/N-ethyl adjacent to an activating group) is 1. The van der Waals surface area contributed by atoms with Crippen LogP contribution in [0.1, 0.15) is 30.5 Å². The summed E-state index contributed by atoms with van der Waals surface area (Å²) in [6.45, 7) is 8.92. The van der Waals surface area contributed by atoms with Crippen molar-refractivity contribution in [1.29, 1.82) is 0 Å². The quantitative estimate of drug-likeness (QED) is 0.407. The van der Waals surface area contributed by atoms with Crippen molar-refractivity contribution in [2.45, 2.75) is 33.2 Å². The van der Waals surface area contributed by atoms with Crippen LogP contribution < -0.4 is 5.32 Å². The number of benzene rings is 2. The summed E-state index contributed by atoms with van der Waals surface area (Å²) in [4.78, 5) is 2.35. The van der Waals surface area contributed by atoms with Gasteiger partial charge in [-0.05, 0) is 60.8 Å². The summed E-state index contributed by atoms with van der Waals surface area (Å²) >= 11 is 3.49. The third-order valence-electron chi connectivity index (χ3n) is 4.74. The van der Waals surface area contributed by atoms with E-state index in [2.05, 4.69) is 40.0 Å². The van der Waals surface area contributed by atoms with E-state index < -0.39 is 17.5 Å². The fourth-order valence-corrected chi connectivity index (χ4v) is 3.44. The first-order valence-corrected chi connectivity index (χ1v) is 10.1. The van der Waals surface area contributed by atoms with Crippen molar-refractivity contribution < 1.29 is 13.2 Å². The normalized spacial score (nSPS) is 11.4. The van der Waals surface area contributed by atoms with Crippen molar-refractivity contribution >= 4 is 15.9 Å². The van der Waals surface area contributed by atoms with E-state index in [-0.39, 0.29) is 5.56 Å². The van der Waals surface area contributed by atoms with E-state index in [0.717, 1.165) is 47.8 Å². The lowest BCUT2D eigenvalue weighted by Crippen LogP contribution is -2.31.